The lowest BCUT2D eigenvalue weighted by Gasteiger charge is -2.09. The summed E-state index contributed by atoms with van der Waals surface area (Å²) < 4.78 is 11.1. The van der Waals surface area contributed by atoms with Crippen molar-refractivity contribution in [3.63, 3.8) is 0 Å². The highest BCUT2D eigenvalue weighted by Crippen LogP contribution is 2.25. The predicted octanol–water partition coefficient (Wildman–Crippen LogP) is 5.20. The number of fused-ring (bicyclic) bond motifs is 1. The molecule has 0 aliphatic heterocycles. The first-order chi connectivity index (χ1) is 14.0. The quantitative estimate of drug-likeness (QED) is 0.474. The number of hydrogen-bond acceptors (Lipinski definition) is 5. The molecule has 146 valence electrons. The summed E-state index contributed by atoms with van der Waals surface area (Å²) in [6, 6.07) is 15.9. The fourth-order valence-corrected chi connectivity index (χ4v) is 3.12. The van der Waals surface area contributed by atoms with E-state index >= 15 is 0 Å². The van der Waals surface area contributed by atoms with Crippen molar-refractivity contribution in [2.45, 2.75) is 13.5 Å². The SMILES string of the molecule is Cc1cc(N)c2cc(NC(=O)c3occc3COc3ccc(Cl)cc3)ccc2n1. The molecule has 0 saturated heterocycles. The maximum absolute atomic E-state index is 12.7. The molecule has 29 heavy (non-hydrogen) atoms. The summed E-state index contributed by atoms with van der Waals surface area (Å²) in [5.74, 6) is 0.464. The van der Waals surface area contributed by atoms with Gasteiger partial charge in [-0.2, -0.15) is 0 Å². The molecule has 0 radical (unpaired) electrons. The summed E-state index contributed by atoms with van der Waals surface area (Å²) in [7, 11) is 0. The fraction of sp³-hybridized carbons (Fsp3) is 0.0909. The van der Waals surface area contributed by atoms with Gasteiger partial charge in [-0.05, 0) is 61.5 Å². The van der Waals surface area contributed by atoms with Crippen LogP contribution in [0, 0.1) is 6.92 Å². The van der Waals surface area contributed by atoms with Crippen molar-refractivity contribution in [2.75, 3.05) is 11.1 Å². The van der Waals surface area contributed by atoms with E-state index in [-0.39, 0.29) is 18.3 Å². The summed E-state index contributed by atoms with van der Waals surface area (Å²) in [4.78, 5) is 17.1. The second kappa shape index (κ2) is 7.85. The molecule has 2 aromatic heterocycles. The molecule has 0 saturated carbocycles. The molecule has 0 bridgehead atoms. The normalized spacial score (nSPS) is 10.8. The Labute approximate surface area is 172 Å². The number of nitrogen functional groups attached to an aromatic ring is 1. The van der Waals surface area contributed by atoms with Crippen molar-refractivity contribution in [2.24, 2.45) is 0 Å². The van der Waals surface area contributed by atoms with Gasteiger partial charge < -0.3 is 20.2 Å². The molecule has 0 unspecified atom stereocenters. The number of carbonyl (C=O) groups excluding carboxylic acids is 1. The van der Waals surface area contributed by atoms with Gasteiger partial charge in [0.1, 0.15) is 12.4 Å². The summed E-state index contributed by atoms with van der Waals surface area (Å²) in [6.45, 7) is 2.07. The first-order valence-electron chi connectivity index (χ1n) is 8.92. The summed E-state index contributed by atoms with van der Waals surface area (Å²) in [5, 5.41) is 4.24. The number of nitrogens with two attached hydrogens (primary N) is 1. The van der Waals surface area contributed by atoms with Crippen molar-refractivity contribution in [3.8, 4) is 5.75 Å². The van der Waals surface area contributed by atoms with E-state index in [4.69, 9.17) is 26.5 Å². The number of hydrogen-bond donors (Lipinski definition) is 2. The number of carbonyl (C=O) groups is 1. The molecule has 4 rings (SSSR count). The Hall–Kier alpha value is -3.51. The van der Waals surface area contributed by atoms with Crippen LogP contribution in [-0.2, 0) is 6.61 Å². The van der Waals surface area contributed by atoms with Crippen LogP contribution in [0.4, 0.5) is 11.4 Å². The number of benzene rings is 2. The molecular weight excluding hydrogens is 390 g/mol. The number of anilines is 2. The van der Waals surface area contributed by atoms with E-state index in [2.05, 4.69) is 10.3 Å². The smallest absolute Gasteiger partial charge is 0.291 e. The molecule has 7 heteroatoms. The van der Waals surface area contributed by atoms with Crippen LogP contribution in [0.5, 0.6) is 5.75 Å². The van der Waals surface area contributed by atoms with Gasteiger partial charge in [0.05, 0.1) is 11.8 Å². The number of nitrogens with zero attached hydrogens (tertiary/aromatic N) is 1. The highest BCUT2D eigenvalue weighted by molar-refractivity contribution is 6.30. The standard InChI is InChI=1S/C22H18ClN3O3/c1-13-10-19(24)18-11-16(4-7-20(18)25-13)26-22(27)21-14(8-9-28-21)12-29-17-5-2-15(23)3-6-17/h2-11H,12H2,1H3,(H2,24,25)(H,26,27). The largest absolute Gasteiger partial charge is 0.489 e. The average Bonchev–Trinajstić information content (AvgIpc) is 3.17. The van der Waals surface area contributed by atoms with Crippen LogP contribution in [0.15, 0.2) is 65.3 Å². The van der Waals surface area contributed by atoms with Crippen LogP contribution in [-0.4, -0.2) is 10.9 Å². The number of amides is 1. The number of rotatable bonds is 5. The highest BCUT2D eigenvalue weighted by Gasteiger charge is 2.17. The average molecular weight is 408 g/mol. The molecule has 0 aliphatic carbocycles. The van der Waals surface area contributed by atoms with Gasteiger partial charge in [0.2, 0.25) is 0 Å². The Morgan fingerprint density at radius 1 is 1.17 bits per heavy atom. The molecule has 0 fully saturated rings. The lowest BCUT2D eigenvalue weighted by molar-refractivity contribution is 0.0993. The molecule has 2 aromatic carbocycles. The van der Waals surface area contributed by atoms with E-state index in [0.717, 1.165) is 16.6 Å². The molecule has 4 aromatic rings. The van der Waals surface area contributed by atoms with Gasteiger partial charge in [-0.1, -0.05) is 11.6 Å². The first-order valence-corrected chi connectivity index (χ1v) is 9.30. The van der Waals surface area contributed by atoms with Crippen LogP contribution in [0.2, 0.25) is 5.02 Å². The third kappa shape index (κ3) is 4.17. The minimum atomic E-state index is -0.373. The van der Waals surface area contributed by atoms with Gasteiger partial charge in [0.25, 0.3) is 5.91 Å². The van der Waals surface area contributed by atoms with Gasteiger partial charge in [0.15, 0.2) is 5.76 Å². The number of aromatic nitrogens is 1. The molecule has 0 aliphatic rings. The maximum atomic E-state index is 12.7. The Balaban J connectivity index is 1.50. The Morgan fingerprint density at radius 3 is 2.76 bits per heavy atom. The van der Waals surface area contributed by atoms with Gasteiger partial charge in [-0.3, -0.25) is 9.78 Å². The van der Waals surface area contributed by atoms with Crippen molar-refractivity contribution in [3.05, 3.63) is 82.9 Å². The molecular formula is C22H18ClN3O3. The third-order valence-electron chi connectivity index (χ3n) is 4.39. The van der Waals surface area contributed by atoms with E-state index in [1.165, 1.54) is 6.26 Å². The molecule has 3 N–H and O–H groups in total. The van der Waals surface area contributed by atoms with Crippen LogP contribution in [0.1, 0.15) is 21.8 Å². The zero-order chi connectivity index (χ0) is 20.4. The van der Waals surface area contributed by atoms with E-state index in [0.29, 0.717) is 27.7 Å². The first kappa shape index (κ1) is 18.8. The minimum Gasteiger partial charge on any atom is -0.489 e. The zero-order valence-electron chi connectivity index (χ0n) is 15.6. The Morgan fingerprint density at radius 2 is 1.97 bits per heavy atom. The van der Waals surface area contributed by atoms with Crippen LogP contribution >= 0.6 is 11.6 Å². The number of ether oxygens (including phenoxy) is 1. The molecule has 1 amide bonds. The second-order valence-corrected chi connectivity index (χ2v) is 6.99. The zero-order valence-corrected chi connectivity index (χ0v) is 16.4. The number of furan rings is 1. The summed E-state index contributed by atoms with van der Waals surface area (Å²) >= 11 is 5.87. The molecule has 0 atom stereocenters. The van der Waals surface area contributed by atoms with Gasteiger partial charge in [-0.15, -0.1) is 0 Å². The number of pyridine rings is 1. The van der Waals surface area contributed by atoms with Gasteiger partial charge in [0, 0.05) is 33.0 Å². The van der Waals surface area contributed by atoms with Crippen molar-refractivity contribution < 1.29 is 13.9 Å². The predicted molar refractivity (Wildman–Crippen MR) is 113 cm³/mol. The van der Waals surface area contributed by atoms with Crippen molar-refractivity contribution in [1.29, 1.82) is 0 Å². The van der Waals surface area contributed by atoms with Crippen LogP contribution in [0.3, 0.4) is 0 Å². The monoisotopic (exact) mass is 407 g/mol. The van der Waals surface area contributed by atoms with Gasteiger partial charge in [-0.25, -0.2) is 0 Å². The lowest BCUT2D eigenvalue weighted by atomic mass is 10.1. The van der Waals surface area contributed by atoms with Crippen LogP contribution < -0.4 is 15.8 Å². The lowest BCUT2D eigenvalue weighted by Crippen LogP contribution is -2.13. The van der Waals surface area contributed by atoms with E-state index in [1.54, 1.807) is 48.5 Å². The summed E-state index contributed by atoms with van der Waals surface area (Å²) in [5.41, 5.74) is 9.54. The van der Waals surface area contributed by atoms with Crippen molar-refractivity contribution >= 4 is 39.8 Å². The minimum absolute atomic E-state index is 0.189. The van der Waals surface area contributed by atoms with E-state index < -0.39 is 0 Å². The number of nitrogens with one attached hydrogen (secondary N) is 1. The molecule has 6 nitrogen and oxygen atoms in total. The number of aryl methyl sites for hydroxylation is 1. The number of halogens is 1. The fourth-order valence-electron chi connectivity index (χ4n) is 3.00. The van der Waals surface area contributed by atoms with E-state index in [9.17, 15) is 4.79 Å². The maximum Gasteiger partial charge on any atom is 0.291 e. The Kier molecular flexibility index (Phi) is 5.10. The van der Waals surface area contributed by atoms with Gasteiger partial charge >= 0.3 is 0 Å². The second-order valence-electron chi connectivity index (χ2n) is 6.56. The molecule has 2 heterocycles. The Bertz CT molecular complexity index is 1190. The topological polar surface area (TPSA) is 90.4 Å². The van der Waals surface area contributed by atoms with E-state index in [1.807, 2.05) is 13.0 Å². The molecule has 0 spiro atoms. The third-order valence-corrected chi connectivity index (χ3v) is 4.64. The summed E-state index contributed by atoms with van der Waals surface area (Å²) in [6.07, 6.45) is 1.46. The van der Waals surface area contributed by atoms with Crippen LogP contribution in [0.25, 0.3) is 10.9 Å². The van der Waals surface area contributed by atoms with Crippen molar-refractivity contribution in [1.82, 2.24) is 4.98 Å². The highest BCUT2D eigenvalue weighted by atomic mass is 35.5.